The molecule has 0 aromatic heterocycles. The Labute approximate surface area is 129 Å². The number of alkyl halides is 3. The summed E-state index contributed by atoms with van der Waals surface area (Å²) in [5.41, 5.74) is 0.683. The van der Waals surface area contributed by atoms with Crippen LogP contribution in [0.25, 0.3) is 0 Å². The molecule has 0 radical (unpaired) electrons. The summed E-state index contributed by atoms with van der Waals surface area (Å²) in [6.45, 7) is 2.54. The molecule has 1 N–H and O–H groups in total. The zero-order valence-corrected chi connectivity index (χ0v) is 12.7. The molecule has 1 aliphatic rings. The van der Waals surface area contributed by atoms with Crippen molar-refractivity contribution in [2.24, 2.45) is 4.99 Å². The highest BCUT2D eigenvalue weighted by atomic mass is 35.5. The minimum absolute atomic E-state index is 0.0488. The number of hydrogen-bond acceptors (Lipinski definition) is 3. The van der Waals surface area contributed by atoms with Crippen molar-refractivity contribution in [2.75, 3.05) is 0 Å². The Hall–Kier alpha value is -1.21. The highest BCUT2D eigenvalue weighted by molar-refractivity contribution is 8.16. The Balaban J connectivity index is 2.25. The van der Waals surface area contributed by atoms with Crippen LogP contribution in [0.15, 0.2) is 29.3 Å². The fourth-order valence-electron chi connectivity index (χ4n) is 1.79. The summed E-state index contributed by atoms with van der Waals surface area (Å²) in [7, 11) is 0. The van der Waals surface area contributed by atoms with E-state index < -0.39 is 22.9 Å². The molecule has 8 heteroatoms. The van der Waals surface area contributed by atoms with Crippen LogP contribution in [-0.2, 0) is 4.79 Å². The number of nitrogens with zero attached hydrogens (tertiary/aromatic N) is 1. The van der Waals surface area contributed by atoms with Crippen LogP contribution in [-0.4, -0.2) is 22.0 Å². The monoisotopic (exact) mass is 336 g/mol. The summed E-state index contributed by atoms with van der Waals surface area (Å²) in [6, 6.07) is 6.46. The standard InChI is InChI=1S/C13H12ClF3N2OS/c1-7(8-5-3-4-6-9(8)14)18-11-19-10(20)12(2,21-11)13(15,16)17/h3-7H,1-2H3,(H,18,19,20)/t7-,12?/m0/s1. The molecule has 1 saturated heterocycles. The van der Waals surface area contributed by atoms with Crippen molar-refractivity contribution in [3.05, 3.63) is 34.9 Å². The molecule has 1 unspecified atom stereocenters. The van der Waals surface area contributed by atoms with E-state index in [0.29, 0.717) is 22.3 Å². The van der Waals surface area contributed by atoms with E-state index in [9.17, 15) is 18.0 Å². The second-order valence-corrected chi connectivity index (χ2v) is 6.53. The number of amidine groups is 1. The van der Waals surface area contributed by atoms with Gasteiger partial charge in [0.25, 0.3) is 5.91 Å². The number of benzene rings is 1. The zero-order chi connectivity index (χ0) is 15.8. The molecule has 3 nitrogen and oxygen atoms in total. The Morgan fingerprint density at radius 1 is 1.38 bits per heavy atom. The molecule has 0 saturated carbocycles. The Morgan fingerprint density at radius 3 is 2.52 bits per heavy atom. The first-order valence-corrected chi connectivity index (χ1v) is 7.24. The van der Waals surface area contributed by atoms with Gasteiger partial charge in [0.15, 0.2) is 9.91 Å². The van der Waals surface area contributed by atoms with Gasteiger partial charge in [-0.2, -0.15) is 13.2 Å². The maximum absolute atomic E-state index is 12.9. The molecular formula is C13H12ClF3N2OS. The Kier molecular flexibility index (Phi) is 4.26. The molecule has 1 aromatic carbocycles. The van der Waals surface area contributed by atoms with Crippen molar-refractivity contribution in [2.45, 2.75) is 30.8 Å². The van der Waals surface area contributed by atoms with Gasteiger partial charge in [-0.05, 0) is 25.5 Å². The molecule has 0 spiro atoms. The van der Waals surface area contributed by atoms with E-state index in [1.807, 2.05) is 0 Å². The number of nitrogens with one attached hydrogen (secondary N) is 1. The van der Waals surface area contributed by atoms with E-state index >= 15 is 0 Å². The smallest absolute Gasteiger partial charge is 0.304 e. The quantitative estimate of drug-likeness (QED) is 0.888. The molecule has 1 heterocycles. The zero-order valence-electron chi connectivity index (χ0n) is 11.2. The second kappa shape index (κ2) is 5.53. The van der Waals surface area contributed by atoms with E-state index in [4.69, 9.17) is 11.6 Å². The van der Waals surface area contributed by atoms with Crippen LogP contribution in [0.5, 0.6) is 0 Å². The largest absolute Gasteiger partial charge is 0.412 e. The molecule has 0 aliphatic carbocycles. The van der Waals surface area contributed by atoms with E-state index in [-0.39, 0.29) is 5.17 Å². The molecule has 0 bridgehead atoms. The lowest BCUT2D eigenvalue weighted by atomic mass is 10.1. The van der Waals surface area contributed by atoms with E-state index in [1.165, 1.54) is 0 Å². The third-order valence-corrected chi connectivity index (χ3v) is 4.73. The van der Waals surface area contributed by atoms with Gasteiger partial charge in [-0.25, -0.2) is 0 Å². The maximum Gasteiger partial charge on any atom is 0.412 e. The van der Waals surface area contributed by atoms with Gasteiger partial charge >= 0.3 is 6.18 Å². The first-order chi connectivity index (χ1) is 9.65. The predicted octanol–water partition coefficient (Wildman–Crippen LogP) is 3.94. The van der Waals surface area contributed by atoms with Crippen molar-refractivity contribution >= 4 is 34.4 Å². The number of hydrogen-bond donors (Lipinski definition) is 1. The van der Waals surface area contributed by atoms with Crippen LogP contribution in [0, 0.1) is 0 Å². The summed E-state index contributed by atoms with van der Waals surface area (Å²) in [5.74, 6) is -1.11. The number of amides is 1. The number of rotatable bonds is 2. The highest BCUT2D eigenvalue weighted by Gasteiger charge is 2.61. The summed E-state index contributed by atoms with van der Waals surface area (Å²) >= 11 is 6.40. The van der Waals surface area contributed by atoms with Gasteiger partial charge in [0.1, 0.15) is 0 Å². The molecule has 2 rings (SSSR count). The Morgan fingerprint density at radius 2 is 2.00 bits per heavy atom. The summed E-state index contributed by atoms with van der Waals surface area (Å²) in [4.78, 5) is 15.7. The number of thioether (sulfide) groups is 1. The van der Waals surface area contributed by atoms with Crippen LogP contribution >= 0.6 is 23.4 Å². The molecule has 1 aliphatic heterocycles. The topological polar surface area (TPSA) is 41.5 Å². The van der Waals surface area contributed by atoms with Gasteiger partial charge in [-0.15, -0.1) is 0 Å². The fourth-order valence-corrected chi connectivity index (χ4v) is 3.08. The molecule has 114 valence electrons. The third kappa shape index (κ3) is 3.03. The number of carbonyl (C=O) groups excluding carboxylic acids is 1. The molecular weight excluding hydrogens is 325 g/mol. The predicted molar refractivity (Wildman–Crippen MR) is 77.5 cm³/mol. The second-order valence-electron chi connectivity index (χ2n) is 4.72. The highest BCUT2D eigenvalue weighted by Crippen LogP contribution is 2.45. The molecule has 1 amide bonds. The van der Waals surface area contributed by atoms with E-state index in [1.54, 1.807) is 31.2 Å². The van der Waals surface area contributed by atoms with Crippen molar-refractivity contribution in [1.82, 2.24) is 5.32 Å². The summed E-state index contributed by atoms with van der Waals surface area (Å²) < 4.78 is 36.3. The van der Waals surface area contributed by atoms with Gasteiger partial charge in [-0.3, -0.25) is 9.79 Å². The average molecular weight is 337 g/mol. The average Bonchev–Trinajstić information content (AvgIpc) is 2.65. The third-order valence-electron chi connectivity index (χ3n) is 3.16. The fraction of sp³-hybridized carbons (Fsp3) is 0.385. The van der Waals surface area contributed by atoms with Crippen LogP contribution < -0.4 is 5.32 Å². The van der Waals surface area contributed by atoms with Gasteiger partial charge in [0.2, 0.25) is 0 Å². The molecule has 21 heavy (non-hydrogen) atoms. The van der Waals surface area contributed by atoms with E-state index in [2.05, 4.69) is 10.3 Å². The van der Waals surface area contributed by atoms with Crippen LogP contribution in [0.1, 0.15) is 25.5 Å². The molecule has 1 aromatic rings. The van der Waals surface area contributed by atoms with E-state index in [0.717, 1.165) is 6.92 Å². The van der Waals surface area contributed by atoms with Gasteiger partial charge in [0, 0.05) is 5.02 Å². The first-order valence-electron chi connectivity index (χ1n) is 6.04. The summed E-state index contributed by atoms with van der Waals surface area (Å²) in [6.07, 6.45) is -4.65. The van der Waals surface area contributed by atoms with Crippen LogP contribution in [0.3, 0.4) is 0 Å². The number of aliphatic imine (C=N–C) groups is 1. The van der Waals surface area contributed by atoms with Crippen LogP contribution in [0.2, 0.25) is 5.02 Å². The first kappa shape index (κ1) is 16.2. The normalized spacial score (nSPS) is 26.0. The summed E-state index contributed by atoms with van der Waals surface area (Å²) in [5, 5.41) is 2.61. The van der Waals surface area contributed by atoms with Crippen LogP contribution in [0.4, 0.5) is 13.2 Å². The minimum Gasteiger partial charge on any atom is -0.304 e. The lowest BCUT2D eigenvalue weighted by molar-refractivity contribution is -0.166. The van der Waals surface area contributed by atoms with Gasteiger partial charge in [0.05, 0.1) is 6.04 Å². The number of halogens is 4. The van der Waals surface area contributed by atoms with Crippen molar-refractivity contribution in [1.29, 1.82) is 0 Å². The van der Waals surface area contributed by atoms with Gasteiger partial charge < -0.3 is 5.32 Å². The SMILES string of the molecule is C[C@H](N=C1NC(=O)C(C)(C(F)(F)F)S1)c1ccccc1Cl. The minimum atomic E-state index is -4.65. The van der Waals surface area contributed by atoms with Crippen molar-refractivity contribution in [3.8, 4) is 0 Å². The lowest BCUT2D eigenvalue weighted by Gasteiger charge is -2.21. The van der Waals surface area contributed by atoms with Gasteiger partial charge in [-0.1, -0.05) is 41.6 Å². The maximum atomic E-state index is 12.9. The van der Waals surface area contributed by atoms with Crippen molar-refractivity contribution in [3.63, 3.8) is 0 Å². The Bertz CT molecular complexity index is 605. The molecule has 1 fully saturated rings. The van der Waals surface area contributed by atoms with Crippen molar-refractivity contribution < 1.29 is 18.0 Å². The lowest BCUT2D eigenvalue weighted by Crippen LogP contribution is -2.46. The number of carbonyl (C=O) groups is 1. The molecule has 2 atom stereocenters.